The van der Waals surface area contributed by atoms with Crippen molar-refractivity contribution in [3.8, 4) is 0 Å². The molecular weight excluding hydrogens is 90.1 g/mol. The number of hydroxylamine groups is 2. The van der Waals surface area contributed by atoms with Crippen LogP contribution in [0.4, 0.5) is 0 Å². The van der Waals surface area contributed by atoms with Gasteiger partial charge in [-0.25, -0.2) is 0 Å². The molecule has 2 nitrogen and oxygen atoms in total. The van der Waals surface area contributed by atoms with Gasteiger partial charge in [-0.3, -0.25) is 4.84 Å². The molecular formula is C5H9NO. The lowest BCUT2D eigenvalue weighted by atomic mass is 10.1. The summed E-state index contributed by atoms with van der Waals surface area (Å²) >= 11 is 0. The molecule has 40 valence electrons. The van der Waals surface area contributed by atoms with Gasteiger partial charge in [0.25, 0.3) is 0 Å². The largest absolute Gasteiger partial charge is 0.299 e. The highest BCUT2D eigenvalue weighted by Gasteiger charge is 2.29. The van der Waals surface area contributed by atoms with Crippen molar-refractivity contribution < 1.29 is 4.84 Å². The van der Waals surface area contributed by atoms with Gasteiger partial charge in [-0.1, -0.05) is 0 Å². The van der Waals surface area contributed by atoms with Gasteiger partial charge in [-0.2, -0.15) is 5.06 Å². The highest BCUT2D eigenvalue weighted by molar-refractivity contribution is 4.74. The van der Waals surface area contributed by atoms with E-state index >= 15 is 0 Å². The number of fused-ring (bicyclic) bond motifs is 2. The van der Waals surface area contributed by atoms with Crippen molar-refractivity contribution in [2.75, 3.05) is 19.7 Å². The Morgan fingerprint density at radius 3 is 2.71 bits per heavy atom. The predicted molar refractivity (Wildman–Crippen MR) is 25.6 cm³/mol. The van der Waals surface area contributed by atoms with E-state index in [1.54, 1.807) is 0 Å². The Hall–Kier alpha value is -0.0800. The lowest BCUT2D eigenvalue weighted by molar-refractivity contribution is -0.117. The molecule has 2 saturated heterocycles. The third-order valence-electron chi connectivity index (χ3n) is 1.74. The maximum atomic E-state index is 5.19. The van der Waals surface area contributed by atoms with Gasteiger partial charge >= 0.3 is 0 Å². The molecule has 2 atom stereocenters. The van der Waals surface area contributed by atoms with Crippen molar-refractivity contribution in [2.45, 2.75) is 6.42 Å². The van der Waals surface area contributed by atoms with Crippen molar-refractivity contribution in [3.63, 3.8) is 0 Å². The summed E-state index contributed by atoms with van der Waals surface area (Å²) in [4.78, 5) is 5.19. The molecule has 2 rings (SSSR count). The molecule has 2 heteroatoms. The second kappa shape index (κ2) is 1.20. The maximum Gasteiger partial charge on any atom is 0.0726 e. The molecule has 0 aromatic rings. The Balaban J connectivity index is 2.12. The molecule has 7 heavy (non-hydrogen) atoms. The molecule has 2 heterocycles. The van der Waals surface area contributed by atoms with E-state index in [2.05, 4.69) is 5.06 Å². The SMILES string of the molecule is C1CN2CC1CO2. The lowest BCUT2D eigenvalue weighted by Crippen LogP contribution is -2.15. The van der Waals surface area contributed by atoms with Crippen molar-refractivity contribution in [2.24, 2.45) is 5.92 Å². The topological polar surface area (TPSA) is 12.5 Å². The number of rotatable bonds is 0. The predicted octanol–water partition coefficient (Wildman–Crippen LogP) is 0.253. The van der Waals surface area contributed by atoms with Crippen molar-refractivity contribution in [1.82, 2.24) is 5.06 Å². The third kappa shape index (κ3) is 0.469. The van der Waals surface area contributed by atoms with E-state index < -0.39 is 0 Å². The maximum absolute atomic E-state index is 5.19. The van der Waals surface area contributed by atoms with Crippen LogP contribution in [0.2, 0.25) is 0 Å². The molecule has 2 bridgehead atoms. The monoisotopic (exact) mass is 99.1 g/mol. The van der Waals surface area contributed by atoms with Crippen LogP contribution in [0.15, 0.2) is 0 Å². The van der Waals surface area contributed by atoms with Crippen LogP contribution < -0.4 is 0 Å². The van der Waals surface area contributed by atoms with E-state index in [1.807, 2.05) is 0 Å². The van der Waals surface area contributed by atoms with Crippen LogP contribution in [0.1, 0.15) is 6.42 Å². The molecule has 0 spiro atoms. The molecule has 0 aliphatic carbocycles. The minimum atomic E-state index is 0.875. The molecule has 2 fully saturated rings. The molecule has 0 aromatic heterocycles. The Bertz CT molecular complexity index is 66.1. The Kier molecular flexibility index (Phi) is 0.664. The molecule has 0 saturated carbocycles. The molecule has 0 aromatic carbocycles. The first kappa shape index (κ1) is 3.87. The quantitative estimate of drug-likeness (QED) is 0.431. The summed E-state index contributed by atoms with van der Waals surface area (Å²) < 4.78 is 0. The highest BCUT2D eigenvalue weighted by atomic mass is 16.7. The zero-order chi connectivity index (χ0) is 4.69. The van der Waals surface area contributed by atoms with Crippen LogP contribution in [-0.2, 0) is 4.84 Å². The number of hydrogen-bond donors (Lipinski definition) is 0. The van der Waals surface area contributed by atoms with Crippen LogP contribution in [0.5, 0.6) is 0 Å². The van der Waals surface area contributed by atoms with Crippen molar-refractivity contribution in [1.29, 1.82) is 0 Å². The standard InChI is InChI=1S/C5H9NO/c1-2-6-3-5(1)4-7-6/h5H,1-4H2. The average molecular weight is 99.1 g/mol. The summed E-state index contributed by atoms with van der Waals surface area (Å²) in [7, 11) is 0. The van der Waals surface area contributed by atoms with E-state index in [0.717, 1.165) is 12.5 Å². The van der Waals surface area contributed by atoms with E-state index in [0.29, 0.717) is 0 Å². The summed E-state index contributed by atoms with van der Waals surface area (Å²) in [6, 6.07) is 0. The lowest BCUT2D eigenvalue weighted by Gasteiger charge is -2.10. The average Bonchev–Trinajstić information content (AvgIpc) is 2.22. The van der Waals surface area contributed by atoms with Gasteiger partial charge in [-0.15, -0.1) is 0 Å². The minimum absolute atomic E-state index is 0.875. The fourth-order valence-electron chi connectivity index (χ4n) is 1.26. The van der Waals surface area contributed by atoms with Crippen LogP contribution in [0, 0.1) is 5.92 Å². The van der Waals surface area contributed by atoms with Gasteiger partial charge in [-0.05, 0) is 6.42 Å². The molecule has 0 N–H and O–H groups in total. The molecule has 0 radical (unpaired) electrons. The molecule has 2 unspecified atom stereocenters. The first-order valence-electron chi connectivity index (χ1n) is 2.83. The summed E-state index contributed by atoms with van der Waals surface area (Å²) in [5, 5.41) is 2.06. The first-order chi connectivity index (χ1) is 3.45. The zero-order valence-corrected chi connectivity index (χ0v) is 4.26. The molecule has 0 amide bonds. The minimum Gasteiger partial charge on any atom is -0.299 e. The van der Waals surface area contributed by atoms with Crippen LogP contribution in [0.25, 0.3) is 0 Å². The second-order valence-electron chi connectivity index (χ2n) is 2.34. The summed E-state index contributed by atoms with van der Waals surface area (Å²) in [5.74, 6) is 0.875. The van der Waals surface area contributed by atoms with Crippen LogP contribution in [0.3, 0.4) is 0 Å². The summed E-state index contributed by atoms with van der Waals surface area (Å²) in [5.41, 5.74) is 0. The van der Waals surface area contributed by atoms with E-state index in [1.165, 1.54) is 19.5 Å². The van der Waals surface area contributed by atoms with E-state index in [4.69, 9.17) is 4.84 Å². The number of hydrogen-bond acceptors (Lipinski definition) is 2. The second-order valence-corrected chi connectivity index (χ2v) is 2.34. The van der Waals surface area contributed by atoms with Gasteiger partial charge in [0, 0.05) is 19.0 Å². The van der Waals surface area contributed by atoms with Crippen LogP contribution in [-0.4, -0.2) is 24.8 Å². The smallest absolute Gasteiger partial charge is 0.0726 e. The summed E-state index contributed by atoms with van der Waals surface area (Å²) in [6.45, 7) is 3.35. The zero-order valence-electron chi connectivity index (χ0n) is 4.26. The Morgan fingerprint density at radius 1 is 1.57 bits per heavy atom. The normalized spacial score (nSPS) is 48.0. The Labute approximate surface area is 43.0 Å². The van der Waals surface area contributed by atoms with Crippen molar-refractivity contribution in [3.05, 3.63) is 0 Å². The van der Waals surface area contributed by atoms with Gasteiger partial charge in [0.05, 0.1) is 6.61 Å². The fraction of sp³-hybridized carbons (Fsp3) is 1.00. The van der Waals surface area contributed by atoms with Crippen LogP contribution >= 0.6 is 0 Å². The molecule has 2 aliphatic rings. The Morgan fingerprint density at radius 2 is 2.57 bits per heavy atom. The van der Waals surface area contributed by atoms with E-state index in [9.17, 15) is 0 Å². The van der Waals surface area contributed by atoms with Crippen molar-refractivity contribution >= 4 is 0 Å². The first-order valence-corrected chi connectivity index (χ1v) is 2.83. The van der Waals surface area contributed by atoms with Gasteiger partial charge in [0.15, 0.2) is 0 Å². The summed E-state index contributed by atoms with van der Waals surface area (Å²) in [6.07, 6.45) is 1.36. The highest BCUT2D eigenvalue weighted by Crippen LogP contribution is 2.23. The van der Waals surface area contributed by atoms with Gasteiger partial charge in [0.1, 0.15) is 0 Å². The number of nitrogens with zero attached hydrogens (tertiary/aromatic N) is 1. The van der Waals surface area contributed by atoms with Gasteiger partial charge in [0.2, 0.25) is 0 Å². The van der Waals surface area contributed by atoms with E-state index in [-0.39, 0.29) is 0 Å². The third-order valence-corrected chi connectivity index (χ3v) is 1.74. The van der Waals surface area contributed by atoms with Gasteiger partial charge < -0.3 is 0 Å². The molecule has 2 aliphatic heterocycles. The fourth-order valence-corrected chi connectivity index (χ4v) is 1.26.